The molecule has 0 saturated heterocycles. The Kier molecular flexibility index (Phi) is 5.97. The molecule has 4 nitrogen and oxygen atoms in total. The zero-order valence-electron chi connectivity index (χ0n) is 10.9. The summed E-state index contributed by atoms with van der Waals surface area (Å²) in [6.07, 6.45) is 1.25. The lowest BCUT2D eigenvalue weighted by Crippen LogP contribution is -2.34. The maximum Gasteiger partial charge on any atom is 0.243 e. The van der Waals surface area contributed by atoms with Gasteiger partial charge in [-0.3, -0.25) is 0 Å². The van der Waals surface area contributed by atoms with E-state index in [1.54, 1.807) is 0 Å². The molecule has 0 fully saturated rings. The minimum absolute atomic E-state index is 0.111. The molecule has 0 unspecified atom stereocenters. The Morgan fingerprint density at radius 1 is 1.15 bits per heavy atom. The second kappa shape index (κ2) is 7.05. The molecule has 1 aromatic carbocycles. The van der Waals surface area contributed by atoms with Crippen molar-refractivity contribution in [2.24, 2.45) is 0 Å². The summed E-state index contributed by atoms with van der Waals surface area (Å²) in [4.78, 5) is -0.668. The third-order valence-electron chi connectivity index (χ3n) is 2.71. The third-order valence-corrected chi connectivity index (χ3v) is 4.58. The van der Waals surface area contributed by atoms with Gasteiger partial charge in [0.15, 0.2) is 17.5 Å². The van der Waals surface area contributed by atoms with E-state index in [9.17, 15) is 21.6 Å². The van der Waals surface area contributed by atoms with E-state index in [0.717, 1.165) is 4.31 Å². The van der Waals surface area contributed by atoms with Crippen LogP contribution in [0.4, 0.5) is 13.2 Å². The summed E-state index contributed by atoms with van der Waals surface area (Å²) in [6, 6.07) is 0.869. The average molecular weight is 311 g/mol. The summed E-state index contributed by atoms with van der Waals surface area (Å²) in [7, 11) is -4.17. The first kappa shape index (κ1) is 16.9. The second-order valence-electron chi connectivity index (χ2n) is 4.18. The second-order valence-corrected chi connectivity index (χ2v) is 6.12. The molecular weight excluding hydrogens is 295 g/mol. The van der Waals surface area contributed by atoms with Gasteiger partial charge in [-0.15, -0.1) is 0 Å². The van der Waals surface area contributed by atoms with Crippen molar-refractivity contribution < 1.29 is 26.7 Å². The first-order chi connectivity index (χ1) is 9.34. The normalized spacial score (nSPS) is 12.1. The van der Waals surface area contributed by atoms with Gasteiger partial charge in [-0.1, -0.05) is 13.3 Å². The van der Waals surface area contributed by atoms with Gasteiger partial charge in [-0.05, 0) is 18.6 Å². The van der Waals surface area contributed by atoms with Crippen molar-refractivity contribution in [3.05, 3.63) is 29.6 Å². The van der Waals surface area contributed by atoms with Gasteiger partial charge in [-0.25, -0.2) is 21.6 Å². The lowest BCUT2D eigenvalue weighted by atomic mass is 10.3. The summed E-state index contributed by atoms with van der Waals surface area (Å²) in [5.41, 5.74) is 0. The third kappa shape index (κ3) is 3.71. The topological polar surface area (TPSA) is 57.6 Å². The van der Waals surface area contributed by atoms with E-state index in [-0.39, 0.29) is 13.1 Å². The number of aliphatic hydroxyl groups excluding tert-OH is 1. The number of nitrogens with zero attached hydrogens (tertiary/aromatic N) is 1. The van der Waals surface area contributed by atoms with Crippen molar-refractivity contribution in [1.29, 1.82) is 0 Å². The molecule has 0 amide bonds. The molecule has 0 bridgehead atoms. The molecule has 0 heterocycles. The van der Waals surface area contributed by atoms with E-state index in [0.29, 0.717) is 25.0 Å². The predicted molar refractivity (Wildman–Crippen MR) is 67.1 cm³/mol. The van der Waals surface area contributed by atoms with Crippen LogP contribution in [0.15, 0.2) is 17.0 Å². The maximum atomic E-state index is 13.1. The van der Waals surface area contributed by atoms with Crippen LogP contribution in [0, 0.1) is 17.5 Å². The highest BCUT2D eigenvalue weighted by Gasteiger charge is 2.26. The van der Waals surface area contributed by atoms with Gasteiger partial charge in [-0.2, -0.15) is 4.31 Å². The molecule has 20 heavy (non-hydrogen) atoms. The van der Waals surface area contributed by atoms with Crippen molar-refractivity contribution in [3.8, 4) is 0 Å². The zero-order chi connectivity index (χ0) is 15.3. The number of sulfonamides is 1. The molecule has 0 radical (unpaired) electrons. The SMILES string of the molecule is CCCCN(CCO)S(=O)(=O)c1cc(F)c(F)c(F)c1. The molecule has 8 heteroatoms. The van der Waals surface area contributed by atoms with Crippen LogP contribution in [0.5, 0.6) is 0 Å². The molecule has 0 atom stereocenters. The molecule has 0 saturated carbocycles. The monoisotopic (exact) mass is 311 g/mol. The number of hydrogen-bond donors (Lipinski definition) is 1. The van der Waals surface area contributed by atoms with Gasteiger partial charge in [0.05, 0.1) is 11.5 Å². The molecule has 1 N–H and O–H groups in total. The van der Waals surface area contributed by atoms with Crippen LogP contribution in [0.25, 0.3) is 0 Å². The van der Waals surface area contributed by atoms with E-state index in [1.165, 1.54) is 0 Å². The summed E-state index contributed by atoms with van der Waals surface area (Å²) >= 11 is 0. The Balaban J connectivity index is 3.18. The molecule has 0 spiro atoms. The maximum absolute atomic E-state index is 13.1. The number of aliphatic hydroxyl groups is 1. The number of halogens is 3. The zero-order valence-corrected chi connectivity index (χ0v) is 11.8. The minimum Gasteiger partial charge on any atom is -0.395 e. The number of unbranched alkanes of at least 4 members (excludes halogenated alkanes) is 1. The quantitative estimate of drug-likeness (QED) is 0.782. The highest BCUT2D eigenvalue weighted by atomic mass is 32.2. The summed E-state index contributed by atoms with van der Waals surface area (Å²) in [5.74, 6) is -4.85. The van der Waals surface area contributed by atoms with Crippen LogP contribution in [0.2, 0.25) is 0 Å². The largest absolute Gasteiger partial charge is 0.395 e. The average Bonchev–Trinajstić information content (AvgIpc) is 2.39. The Hall–Kier alpha value is -1.12. The smallest absolute Gasteiger partial charge is 0.243 e. The predicted octanol–water partition coefficient (Wildman–Crippen LogP) is 1.89. The summed E-state index contributed by atoms with van der Waals surface area (Å²) < 4.78 is 64.4. The van der Waals surface area contributed by atoms with Gasteiger partial charge in [0.2, 0.25) is 10.0 Å². The van der Waals surface area contributed by atoms with E-state index < -0.39 is 39.0 Å². The molecule has 0 aliphatic rings. The van der Waals surface area contributed by atoms with Crippen molar-refractivity contribution in [3.63, 3.8) is 0 Å². The van der Waals surface area contributed by atoms with Crippen molar-refractivity contribution in [1.82, 2.24) is 4.31 Å². The number of benzene rings is 1. The molecule has 0 aliphatic heterocycles. The van der Waals surface area contributed by atoms with Gasteiger partial charge in [0.1, 0.15) is 0 Å². The van der Waals surface area contributed by atoms with Gasteiger partial charge >= 0.3 is 0 Å². The van der Waals surface area contributed by atoms with E-state index in [2.05, 4.69) is 0 Å². The van der Waals surface area contributed by atoms with Gasteiger partial charge < -0.3 is 5.11 Å². The van der Waals surface area contributed by atoms with Crippen LogP contribution in [-0.4, -0.2) is 37.5 Å². The Bertz CT molecular complexity index is 540. The fourth-order valence-corrected chi connectivity index (χ4v) is 3.12. The standard InChI is InChI=1S/C12H16F3NO3S/c1-2-3-4-16(5-6-17)20(18,19)9-7-10(13)12(15)11(14)8-9/h7-8,17H,2-6H2,1H3. The molecule has 1 aromatic rings. The lowest BCUT2D eigenvalue weighted by molar-refractivity contribution is 0.252. The molecule has 114 valence electrons. The Morgan fingerprint density at radius 2 is 1.70 bits per heavy atom. The molecule has 0 aromatic heterocycles. The fraction of sp³-hybridized carbons (Fsp3) is 0.500. The van der Waals surface area contributed by atoms with Crippen LogP contribution in [0.1, 0.15) is 19.8 Å². The fourth-order valence-electron chi connectivity index (χ4n) is 1.63. The van der Waals surface area contributed by atoms with E-state index in [1.807, 2.05) is 6.92 Å². The first-order valence-corrected chi connectivity index (χ1v) is 7.54. The number of hydrogen-bond acceptors (Lipinski definition) is 3. The first-order valence-electron chi connectivity index (χ1n) is 6.10. The molecular formula is C12H16F3NO3S. The van der Waals surface area contributed by atoms with Crippen LogP contribution >= 0.6 is 0 Å². The van der Waals surface area contributed by atoms with Gasteiger partial charge in [0.25, 0.3) is 0 Å². The van der Waals surface area contributed by atoms with Crippen LogP contribution < -0.4 is 0 Å². The van der Waals surface area contributed by atoms with E-state index in [4.69, 9.17) is 5.11 Å². The lowest BCUT2D eigenvalue weighted by Gasteiger charge is -2.21. The Labute approximate surface area is 115 Å². The molecule has 0 aliphatic carbocycles. The van der Waals surface area contributed by atoms with Crippen LogP contribution in [0.3, 0.4) is 0 Å². The van der Waals surface area contributed by atoms with Crippen molar-refractivity contribution in [2.45, 2.75) is 24.7 Å². The minimum atomic E-state index is -4.17. The van der Waals surface area contributed by atoms with Crippen molar-refractivity contribution >= 4 is 10.0 Å². The Morgan fingerprint density at radius 3 is 2.15 bits per heavy atom. The van der Waals surface area contributed by atoms with E-state index >= 15 is 0 Å². The van der Waals surface area contributed by atoms with Crippen LogP contribution in [-0.2, 0) is 10.0 Å². The summed E-state index contributed by atoms with van der Waals surface area (Å²) in [5, 5.41) is 8.89. The molecule has 1 rings (SSSR count). The van der Waals surface area contributed by atoms with Crippen molar-refractivity contribution in [2.75, 3.05) is 19.7 Å². The number of rotatable bonds is 7. The summed E-state index contributed by atoms with van der Waals surface area (Å²) in [6.45, 7) is 1.35. The van der Waals surface area contributed by atoms with Gasteiger partial charge in [0, 0.05) is 13.1 Å². The highest BCUT2D eigenvalue weighted by molar-refractivity contribution is 7.89. The highest BCUT2D eigenvalue weighted by Crippen LogP contribution is 2.21.